The van der Waals surface area contributed by atoms with Crippen LogP contribution in [-0.2, 0) is 9.59 Å². The number of nitrogens with one attached hydrogen (secondary N) is 1. The molecule has 3 N–H and O–H groups in total. The minimum atomic E-state index is -0.617. The Morgan fingerprint density at radius 2 is 2.00 bits per heavy atom. The van der Waals surface area contributed by atoms with Crippen molar-refractivity contribution in [1.82, 2.24) is 10.2 Å². The van der Waals surface area contributed by atoms with Gasteiger partial charge in [0.2, 0.25) is 11.8 Å². The zero-order valence-corrected chi connectivity index (χ0v) is 14.6. The third-order valence-corrected chi connectivity index (χ3v) is 4.37. The SMILES string of the molecule is CCC(=O)NC(C(=O)N1CCC(C)(CN)C1)c1ccccc1.Cl. The van der Waals surface area contributed by atoms with Crippen LogP contribution in [-0.4, -0.2) is 36.3 Å². The molecule has 23 heavy (non-hydrogen) atoms. The van der Waals surface area contributed by atoms with Crippen LogP contribution >= 0.6 is 12.4 Å². The summed E-state index contributed by atoms with van der Waals surface area (Å²) in [6, 6.07) is 8.78. The predicted molar refractivity (Wildman–Crippen MR) is 93.2 cm³/mol. The lowest BCUT2D eigenvalue weighted by Crippen LogP contribution is -2.43. The van der Waals surface area contributed by atoms with Gasteiger partial charge in [-0.05, 0) is 23.9 Å². The van der Waals surface area contributed by atoms with Crippen LogP contribution in [0.15, 0.2) is 30.3 Å². The van der Waals surface area contributed by atoms with Gasteiger partial charge in [-0.15, -0.1) is 12.4 Å². The van der Waals surface area contributed by atoms with Gasteiger partial charge in [-0.3, -0.25) is 9.59 Å². The van der Waals surface area contributed by atoms with Crippen molar-refractivity contribution >= 4 is 24.2 Å². The molecule has 6 heteroatoms. The Kier molecular flexibility index (Phi) is 7.03. The van der Waals surface area contributed by atoms with E-state index in [4.69, 9.17) is 5.73 Å². The number of carbonyl (C=O) groups excluding carboxylic acids is 2. The molecule has 128 valence electrons. The Morgan fingerprint density at radius 3 is 2.52 bits per heavy atom. The number of hydrogen-bond acceptors (Lipinski definition) is 3. The molecule has 0 bridgehead atoms. The second-order valence-electron chi connectivity index (χ2n) is 6.29. The number of likely N-dealkylation sites (tertiary alicyclic amines) is 1. The number of nitrogens with two attached hydrogens (primary N) is 1. The van der Waals surface area contributed by atoms with E-state index in [9.17, 15) is 9.59 Å². The number of halogens is 1. The Hall–Kier alpha value is -1.59. The average Bonchev–Trinajstić information content (AvgIpc) is 2.95. The summed E-state index contributed by atoms with van der Waals surface area (Å²) < 4.78 is 0. The fourth-order valence-corrected chi connectivity index (χ4v) is 2.76. The van der Waals surface area contributed by atoms with Crippen LogP contribution in [0.2, 0.25) is 0 Å². The minimum absolute atomic E-state index is 0. The van der Waals surface area contributed by atoms with Crippen LogP contribution in [0, 0.1) is 5.41 Å². The van der Waals surface area contributed by atoms with Crippen LogP contribution in [0.25, 0.3) is 0 Å². The Labute approximate surface area is 144 Å². The first-order valence-electron chi connectivity index (χ1n) is 7.82. The van der Waals surface area contributed by atoms with E-state index in [1.54, 1.807) is 6.92 Å². The first-order chi connectivity index (χ1) is 10.5. The molecule has 2 rings (SSSR count). The monoisotopic (exact) mass is 339 g/mol. The first-order valence-corrected chi connectivity index (χ1v) is 7.82. The third kappa shape index (κ3) is 4.69. The molecule has 2 amide bonds. The van der Waals surface area contributed by atoms with Crippen molar-refractivity contribution in [3.05, 3.63) is 35.9 Å². The maximum atomic E-state index is 12.9. The normalized spacial score (nSPS) is 21.4. The fourth-order valence-electron chi connectivity index (χ4n) is 2.76. The molecule has 5 nitrogen and oxygen atoms in total. The molecule has 1 aromatic rings. The third-order valence-electron chi connectivity index (χ3n) is 4.37. The molecule has 2 atom stereocenters. The van der Waals surface area contributed by atoms with Crippen LogP contribution in [0.5, 0.6) is 0 Å². The molecule has 1 aliphatic heterocycles. The molecule has 0 saturated carbocycles. The second-order valence-corrected chi connectivity index (χ2v) is 6.29. The van der Waals surface area contributed by atoms with Gasteiger partial charge in [-0.2, -0.15) is 0 Å². The van der Waals surface area contributed by atoms with Gasteiger partial charge in [0.15, 0.2) is 0 Å². The molecule has 0 spiro atoms. The van der Waals surface area contributed by atoms with E-state index in [-0.39, 0.29) is 29.6 Å². The second kappa shape index (κ2) is 8.31. The van der Waals surface area contributed by atoms with E-state index < -0.39 is 6.04 Å². The molecule has 1 aliphatic rings. The lowest BCUT2D eigenvalue weighted by atomic mass is 9.90. The van der Waals surface area contributed by atoms with Gasteiger partial charge in [-0.1, -0.05) is 44.2 Å². The number of rotatable bonds is 5. The van der Waals surface area contributed by atoms with Crippen molar-refractivity contribution in [3.8, 4) is 0 Å². The molecule has 1 heterocycles. The molecule has 1 aromatic carbocycles. The predicted octanol–water partition coefficient (Wildman–Crippen LogP) is 1.87. The van der Waals surface area contributed by atoms with Gasteiger partial charge in [0.25, 0.3) is 0 Å². The lowest BCUT2D eigenvalue weighted by Gasteiger charge is -2.27. The molecule has 0 aliphatic carbocycles. The summed E-state index contributed by atoms with van der Waals surface area (Å²) in [5.41, 5.74) is 6.61. The van der Waals surface area contributed by atoms with Gasteiger partial charge in [0, 0.05) is 19.5 Å². The van der Waals surface area contributed by atoms with Gasteiger partial charge in [0.1, 0.15) is 6.04 Å². The maximum Gasteiger partial charge on any atom is 0.249 e. The van der Waals surface area contributed by atoms with Crippen molar-refractivity contribution in [2.45, 2.75) is 32.7 Å². The van der Waals surface area contributed by atoms with E-state index >= 15 is 0 Å². The lowest BCUT2D eigenvalue weighted by molar-refractivity contribution is -0.136. The highest BCUT2D eigenvalue weighted by atomic mass is 35.5. The summed E-state index contributed by atoms with van der Waals surface area (Å²) in [7, 11) is 0. The molecule has 1 fully saturated rings. The molecular formula is C17H26ClN3O2. The summed E-state index contributed by atoms with van der Waals surface area (Å²) >= 11 is 0. The highest BCUT2D eigenvalue weighted by Gasteiger charge is 2.37. The van der Waals surface area contributed by atoms with Crippen molar-refractivity contribution in [3.63, 3.8) is 0 Å². The average molecular weight is 340 g/mol. The van der Waals surface area contributed by atoms with Crippen LogP contribution in [0.3, 0.4) is 0 Å². The van der Waals surface area contributed by atoms with E-state index in [0.717, 1.165) is 12.0 Å². The van der Waals surface area contributed by atoms with Crippen LogP contribution < -0.4 is 11.1 Å². The quantitative estimate of drug-likeness (QED) is 0.860. The van der Waals surface area contributed by atoms with E-state index in [1.807, 2.05) is 35.2 Å². The minimum Gasteiger partial charge on any atom is -0.341 e. The van der Waals surface area contributed by atoms with E-state index in [1.165, 1.54) is 0 Å². The smallest absolute Gasteiger partial charge is 0.249 e. The van der Waals surface area contributed by atoms with Crippen molar-refractivity contribution < 1.29 is 9.59 Å². The van der Waals surface area contributed by atoms with Crippen molar-refractivity contribution in [2.75, 3.05) is 19.6 Å². The number of benzene rings is 1. The molecule has 0 radical (unpaired) electrons. The maximum absolute atomic E-state index is 12.9. The first kappa shape index (κ1) is 19.5. The van der Waals surface area contributed by atoms with Crippen molar-refractivity contribution in [2.24, 2.45) is 11.1 Å². The van der Waals surface area contributed by atoms with Crippen LogP contribution in [0.4, 0.5) is 0 Å². The van der Waals surface area contributed by atoms with Gasteiger partial charge in [0.05, 0.1) is 0 Å². The number of nitrogens with zero attached hydrogens (tertiary/aromatic N) is 1. The van der Waals surface area contributed by atoms with Gasteiger partial charge in [-0.25, -0.2) is 0 Å². The van der Waals surface area contributed by atoms with Crippen LogP contribution in [0.1, 0.15) is 38.3 Å². The van der Waals surface area contributed by atoms with Gasteiger partial charge >= 0.3 is 0 Å². The number of hydrogen-bond donors (Lipinski definition) is 2. The van der Waals surface area contributed by atoms with Crippen molar-refractivity contribution in [1.29, 1.82) is 0 Å². The highest BCUT2D eigenvalue weighted by molar-refractivity contribution is 5.88. The summed E-state index contributed by atoms with van der Waals surface area (Å²) in [6.45, 7) is 5.78. The largest absolute Gasteiger partial charge is 0.341 e. The Morgan fingerprint density at radius 1 is 1.35 bits per heavy atom. The Bertz CT molecular complexity index is 538. The highest BCUT2D eigenvalue weighted by Crippen LogP contribution is 2.30. The molecule has 0 aromatic heterocycles. The summed E-state index contributed by atoms with van der Waals surface area (Å²) in [4.78, 5) is 26.5. The molecular weight excluding hydrogens is 314 g/mol. The Balaban J connectivity index is 0.00000264. The number of amides is 2. The zero-order chi connectivity index (χ0) is 16.2. The molecule has 1 saturated heterocycles. The zero-order valence-electron chi connectivity index (χ0n) is 13.7. The van der Waals surface area contributed by atoms with Gasteiger partial charge < -0.3 is 16.0 Å². The number of carbonyl (C=O) groups is 2. The summed E-state index contributed by atoms with van der Waals surface area (Å²) in [5, 5.41) is 2.84. The van der Waals surface area contributed by atoms with E-state index in [2.05, 4.69) is 12.2 Å². The standard InChI is InChI=1S/C17H25N3O2.ClH/c1-3-14(21)19-15(13-7-5-4-6-8-13)16(22)20-10-9-17(2,11-18)12-20;/h4-8,15H,3,9-12,18H2,1-2H3,(H,19,21);1H. The van der Waals surface area contributed by atoms with E-state index in [0.29, 0.717) is 26.1 Å². The topological polar surface area (TPSA) is 75.4 Å². The summed E-state index contributed by atoms with van der Waals surface area (Å²) in [5.74, 6) is -0.173. The molecule has 2 unspecified atom stereocenters. The fraction of sp³-hybridized carbons (Fsp3) is 0.529. The summed E-state index contributed by atoms with van der Waals surface area (Å²) in [6.07, 6.45) is 1.26.